The van der Waals surface area contributed by atoms with Crippen LogP contribution in [-0.2, 0) is 18.0 Å². The Balaban J connectivity index is 0. The van der Waals surface area contributed by atoms with E-state index in [0.717, 1.165) is 0 Å². The molecule has 1 unspecified atom stereocenters. The number of ether oxygens (including phenoxy) is 1. The Morgan fingerprint density at radius 3 is 2.25 bits per heavy atom. The maximum absolute atomic E-state index is 9.27. The minimum absolute atomic E-state index is 0. The van der Waals surface area contributed by atoms with E-state index in [2.05, 4.69) is 0 Å². The molecule has 92 valence electrons. The Morgan fingerprint density at radius 2 is 1.88 bits per heavy atom. The second-order valence-corrected chi connectivity index (χ2v) is 6.32. The van der Waals surface area contributed by atoms with E-state index in [9.17, 15) is 10.2 Å². The molecule has 1 aliphatic rings. The first-order valence-corrected chi connectivity index (χ1v) is 6.69. The average Bonchev–Trinajstić information content (AvgIpc) is 2.28. The largest absolute Gasteiger partial charge is 1.00 e. The topological polar surface area (TPSA) is 77.4 Å². The summed E-state index contributed by atoms with van der Waals surface area (Å²) in [5, 5.41) is 18.5. The zero-order valence-corrected chi connectivity index (χ0v) is 13.2. The predicted octanol–water partition coefficient (Wildman–Crippen LogP) is -3.20. The zero-order valence-electron chi connectivity index (χ0n) is 11.2. The molecule has 2 N–H and O–H groups in total. The van der Waals surface area contributed by atoms with Crippen LogP contribution in [0.1, 0.15) is 14.3 Å². The van der Waals surface area contributed by atoms with E-state index in [1.165, 1.54) is 21.3 Å². The van der Waals surface area contributed by atoms with Crippen molar-refractivity contribution >= 4 is 8.80 Å². The van der Waals surface area contributed by atoms with E-state index in [1.807, 2.05) is 0 Å². The van der Waals surface area contributed by atoms with Crippen LogP contribution in [-0.4, -0.2) is 52.4 Å². The van der Waals surface area contributed by atoms with Crippen molar-refractivity contribution in [2.24, 2.45) is 0 Å². The van der Waals surface area contributed by atoms with Gasteiger partial charge in [0, 0.05) is 33.8 Å². The van der Waals surface area contributed by atoms with Gasteiger partial charge in [-0.25, -0.2) is 0 Å². The average molecular weight is 262 g/mol. The Hall–Kier alpha value is 0.977. The molecule has 6 nitrogen and oxygen atoms in total. The quantitative estimate of drug-likeness (QED) is 0.410. The van der Waals surface area contributed by atoms with Crippen molar-refractivity contribution in [3.05, 3.63) is 0 Å². The van der Waals surface area contributed by atoms with Gasteiger partial charge < -0.3 is 29.7 Å². The summed E-state index contributed by atoms with van der Waals surface area (Å²) in [4.78, 5) is 0. The van der Waals surface area contributed by atoms with E-state index in [1.54, 1.807) is 0 Å². The molecule has 0 aromatic carbocycles. The van der Waals surface area contributed by atoms with Crippen LogP contribution in [0.3, 0.4) is 0 Å². The van der Waals surface area contributed by atoms with Crippen molar-refractivity contribution < 1.29 is 59.2 Å². The van der Waals surface area contributed by atoms with Crippen molar-refractivity contribution in [3.63, 3.8) is 0 Å². The molecule has 1 heterocycles. The maximum Gasteiger partial charge on any atom is 1.00 e. The number of hydrogen-bond donors (Lipinski definition) is 2. The van der Waals surface area contributed by atoms with Crippen LogP contribution < -0.4 is 29.6 Å². The van der Waals surface area contributed by atoms with Gasteiger partial charge in [-0.05, 0) is 6.42 Å². The first kappa shape index (κ1) is 17.0. The summed E-state index contributed by atoms with van der Waals surface area (Å²) in [6.45, 7) is 0. The minimum atomic E-state index is -2.79. The number of aliphatic hydroxyl groups excluding tert-OH is 1. The molecule has 0 amide bonds. The van der Waals surface area contributed by atoms with Gasteiger partial charge in [-0.2, -0.15) is 0 Å². The van der Waals surface area contributed by atoms with Gasteiger partial charge in [0.05, 0.1) is 0 Å². The van der Waals surface area contributed by atoms with Gasteiger partial charge in [-0.1, -0.05) is 0 Å². The van der Waals surface area contributed by atoms with Crippen molar-refractivity contribution in [1.29, 1.82) is 0 Å². The van der Waals surface area contributed by atoms with Gasteiger partial charge in [0.15, 0.2) is 0 Å². The molecule has 1 atom stereocenters. The first-order chi connectivity index (χ1) is 7.04. The summed E-state index contributed by atoms with van der Waals surface area (Å²) in [6, 6.07) is 0.651. The third kappa shape index (κ3) is 3.26. The van der Waals surface area contributed by atoms with E-state index in [0.29, 0.717) is 18.9 Å². The third-order valence-electron chi connectivity index (χ3n) is 2.70. The molecule has 0 bridgehead atoms. The summed E-state index contributed by atoms with van der Waals surface area (Å²) in [6.07, 6.45) is -0.595. The molecule has 0 aliphatic carbocycles. The SMILES string of the molecule is COC1(C(O)O)CCC[Si](OC)(OC)O1.[H-].[Na+]. The fourth-order valence-corrected chi connectivity index (χ4v) is 3.99. The monoisotopic (exact) mass is 262 g/mol. The molecule has 16 heavy (non-hydrogen) atoms. The van der Waals surface area contributed by atoms with Crippen LogP contribution >= 0.6 is 0 Å². The summed E-state index contributed by atoms with van der Waals surface area (Å²) in [5.41, 5.74) is 0. The zero-order chi connectivity index (χ0) is 11.5. The molecule has 1 saturated heterocycles. The number of rotatable bonds is 4. The van der Waals surface area contributed by atoms with Gasteiger partial charge >= 0.3 is 38.4 Å². The standard InChI is InChI=1S/C8H18O6Si.Na.H/c1-11-8(7(9)10)5-4-6-15(12-2,13-3)14-8;;/h7,9-10H,4-6H2,1-3H3;;/q;+1;-1. The molecule has 0 spiro atoms. The fraction of sp³-hybridized carbons (Fsp3) is 1.00. The first-order valence-electron chi connectivity index (χ1n) is 4.76. The minimum Gasteiger partial charge on any atom is -1.00 e. The van der Waals surface area contributed by atoms with Crippen molar-refractivity contribution in [3.8, 4) is 0 Å². The second-order valence-electron chi connectivity index (χ2n) is 3.44. The van der Waals surface area contributed by atoms with Crippen LogP contribution in [0.25, 0.3) is 0 Å². The van der Waals surface area contributed by atoms with E-state index < -0.39 is 20.9 Å². The van der Waals surface area contributed by atoms with Crippen LogP contribution in [0, 0.1) is 0 Å². The normalized spacial score (nSPS) is 28.9. The molecule has 1 rings (SSSR count). The predicted molar refractivity (Wildman–Crippen MR) is 54.0 cm³/mol. The Labute approximate surface area is 120 Å². The van der Waals surface area contributed by atoms with E-state index in [-0.39, 0.29) is 31.0 Å². The van der Waals surface area contributed by atoms with Gasteiger partial charge in [-0.3, -0.25) is 0 Å². The Kier molecular flexibility index (Phi) is 7.20. The summed E-state index contributed by atoms with van der Waals surface area (Å²) in [7, 11) is 1.56. The molecule has 0 saturated carbocycles. The fourth-order valence-electron chi connectivity index (χ4n) is 1.72. The van der Waals surface area contributed by atoms with Crippen LogP contribution in [0.2, 0.25) is 6.04 Å². The van der Waals surface area contributed by atoms with Crippen LogP contribution in [0.5, 0.6) is 0 Å². The smallest absolute Gasteiger partial charge is 1.00 e. The number of aliphatic hydroxyl groups is 2. The molecule has 8 heteroatoms. The van der Waals surface area contributed by atoms with Gasteiger partial charge in [-0.15, -0.1) is 0 Å². The van der Waals surface area contributed by atoms with Gasteiger partial charge in [0.2, 0.25) is 12.1 Å². The van der Waals surface area contributed by atoms with Crippen LogP contribution in [0.4, 0.5) is 0 Å². The molecule has 0 aromatic heterocycles. The molecule has 0 aromatic rings. The molecule has 0 radical (unpaired) electrons. The summed E-state index contributed by atoms with van der Waals surface area (Å²) >= 11 is 0. The van der Waals surface area contributed by atoms with Gasteiger partial charge in [0.25, 0.3) is 0 Å². The van der Waals surface area contributed by atoms with E-state index in [4.69, 9.17) is 18.0 Å². The summed E-state index contributed by atoms with van der Waals surface area (Å²) < 4.78 is 21.0. The maximum atomic E-state index is 9.27. The molecule has 1 aliphatic heterocycles. The number of methoxy groups -OCH3 is 1. The molecular formula is C8H19NaO6Si. The Morgan fingerprint density at radius 1 is 1.31 bits per heavy atom. The van der Waals surface area contributed by atoms with Crippen LogP contribution in [0.15, 0.2) is 0 Å². The van der Waals surface area contributed by atoms with Crippen molar-refractivity contribution in [2.75, 3.05) is 21.3 Å². The number of hydrogen-bond acceptors (Lipinski definition) is 6. The Bertz CT molecular complexity index is 218. The van der Waals surface area contributed by atoms with Gasteiger partial charge in [0.1, 0.15) is 0 Å². The second kappa shape index (κ2) is 6.79. The molecular weight excluding hydrogens is 243 g/mol. The molecule has 1 fully saturated rings. The van der Waals surface area contributed by atoms with E-state index >= 15 is 0 Å². The third-order valence-corrected chi connectivity index (χ3v) is 5.56. The van der Waals surface area contributed by atoms with Crippen molar-refractivity contribution in [1.82, 2.24) is 0 Å². The van der Waals surface area contributed by atoms with Crippen molar-refractivity contribution in [2.45, 2.75) is 31.0 Å². The summed E-state index contributed by atoms with van der Waals surface area (Å²) in [5.74, 6) is -1.42.